The molecule has 0 bridgehead atoms. The van der Waals surface area contributed by atoms with Crippen molar-refractivity contribution in [3.63, 3.8) is 0 Å². The van der Waals surface area contributed by atoms with Crippen LogP contribution < -0.4 is 0 Å². The molecule has 1 heterocycles. The summed E-state index contributed by atoms with van der Waals surface area (Å²) < 4.78 is 15.8. The highest BCUT2D eigenvalue weighted by atomic mass is 79.9. The minimum absolute atomic E-state index is 0.182. The van der Waals surface area contributed by atoms with Crippen molar-refractivity contribution in [3.8, 4) is 0 Å². The highest BCUT2D eigenvalue weighted by molar-refractivity contribution is 9.10. The zero-order valence-electron chi connectivity index (χ0n) is 10.9. The Bertz CT molecular complexity index is 841. The molecule has 0 fully saturated rings. The summed E-state index contributed by atoms with van der Waals surface area (Å²) in [5, 5.41) is 10.2. The van der Waals surface area contributed by atoms with Crippen molar-refractivity contribution in [2.45, 2.75) is 6.54 Å². The van der Waals surface area contributed by atoms with Crippen molar-refractivity contribution >= 4 is 32.8 Å². The van der Waals surface area contributed by atoms with Gasteiger partial charge in [0.25, 0.3) is 0 Å². The van der Waals surface area contributed by atoms with Crippen molar-refractivity contribution in [2.75, 3.05) is 0 Å². The molecule has 106 valence electrons. The van der Waals surface area contributed by atoms with Crippen LogP contribution in [0, 0.1) is 5.82 Å². The lowest BCUT2D eigenvalue weighted by Gasteiger charge is -2.09. The van der Waals surface area contributed by atoms with Crippen molar-refractivity contribution in [3.05, 3.63) is 70.1 Å². The van der Waals surface area contributed by atoms with Gasteiger partial charge < -0.3 is 9.67 Å². The number of carbonyl (C=O) groups is 1. The summed E-state index contributed by atoms with van der Waals surface area (Å²) in [6.07, 6.45) is 0. The summed E-state index contributed by atoms with van der Waals surface area (Å²) in [6.45, 7) is 0.305. The Labute approximate surface area is 128 Å². The van der Waals surface area contributed by atoms with Crippen molar-refractivity contribution < 1.29 is 14.3 Å². The first kappa shape index (κ1) is 13.8. The van der Waals surface area contributed by atoms with E-state index in [0.717, 1.165) is 20.9 Å². The minimum Gasteiger partial charge on any atom is -0.477 e. The van der Waals surface area contributed by atoms with Crippen molar-refractivity contribution in [1.82, 2.24) is 4.57 Å². The second-order valence-corrected chi connectivity index (χ2v) is 5.58. The standard InChI is InChI=1S/C16H11BrFNO2/c17-13-5-2-6-14-12(13)8-15(16(20)21)19(14)9-10-3-1-4-11(18)7-10/h1-8H,9H2,(H,20,21). The molecule has 0 spiro atoms. The van der Waals surface area contributed by atoms with E-state index in [1.165, 1.54) is 12.1 Å². The number of carboxylic acids is 1. The van der Waals surface area contributed by atoms with Gasteiger partial charge in [-0.15, -0.1) is 0 Å². The van der Waals surface area contributed by atoms with Gasteiger partial charge in [-0.05, 0) is 35.9 Å². The molecular formula is C16H11BrFNO2. The maximum absolute atomic E-state index is 13.3. The van der Waals surface area contributed by atoms with Crippen LogP contribution in [0.1, 0.15) is 16.1 Å². The third-order valence-electron chi connectivity index (χ3n) is 3.34. The minimum atomic E-state index is -1.01. The molecule has 5 heteroatoms. The molecule has 0 amide bonds. The molecule has 2 aromatic carbocycles. The highest BCUT2D eigenvalue weighted by Crippen LogP contribution is 2.28. The molecule has 3 nitrogen and oxygen atoms in total. The van der Waals surface area contributed by atoms with E-state index in [0.29, 0.717) is 6.54 Å². The third-order valence-corrected chi connectivity index (χ3v) is 4.03. The molecule has 0 aliphatic heterocycles. The summed E-state index contributed by atoms with van der Waals surface area (Å²) in [5.41, 5.74) is 1.70. The van der Waals surface area contributed by atoms with Gasteiger partial charge in [-0.3, -0.25) is 0 Å². The van der Waals surface area contributed by atoms with Gasteiger partial charge in [0.1, 0.15) is 11.5 Å². The predicted molar refractivity (Wildman–Crippen MR) is 82.1 cm³/mol. The van der Waals surface area contributed by atoms with Crippen LogP contribution in [0.2, 0.25) is 0 Å². The van der Waals surface area contributed by atoms with Gasteiger partial charge in [-0.25, -0.2) is 9.18 Å². The summed E-state index contributed by atoms with van der Waals surface area (Å²) in [5.74, 6) is -1.34. The first-order valence-corrected chi connectivity index (χ1v) is 7.11. The van der Waals surface area contributed by atoms with E-state index in [2.05, 4.69) is 15.9 Å². The molecule has 3 rings (SSSR count). The topological polar surface area (TPSA) is 42.2 Å². The van der Waals surface area contributed by atoms with Crippen LogP contribution in [-0.4, -0.2) is 15.6 Å². The fraction of sp³-hybridized carbons (Fsp3) is 0.0625. The number of hydrogen-bond acceptors (Lipinski definition) is 1. The summed E-state index contributed by atoms with van der Waals surface area (Å²) in [7, 11) is 0. The Morgan fingerprint density at radius 3 is 2.67 bits per heavy atom. The van der Waals surface area contributed by atoms with E-state index in [-0.39, 0.29) is 11.5 Å². The quantitative estimate of drug-likeness (QED) is 0.767. The molecule has 0 saturated carbocycles. The molecule has 3 aromatic rings. The van der Waals surface area contributed by atoms with E-state index < -0.39 is 5.97 Å². The molecule has 1 aromatic heterocycles. The molecule has 1 N–H and O–H groups in total. The second kappa shape index (κ2) is 5.33. The molecule has 0 unspecified atom stereocenters. The fourth-order valence-corrected chi connectivity index (χ4v) is 2.88. The predicted octanol–water partition coefficient (Wildman–Crippen LogP) is 4.29. The SMILES string of the molecule is O=C(O)c1cc2c(Br)cccc2n1Cc1cccc(F)c1. The van der Waals surface area contributed by atoms with E-state index >= 15 is 0 Å². The Hall–Kier alpha value is -2.14. The van der Waals surface area contributed by atoms with Crippen molar-refractivity contribution in [2.24, 2.45) is 0 Å². The smallest absolute Gasteiger partial charge is 0.352 e. The first-order chi connectivity index (χ1) is 10.1. The van der Waals surface area contributed by atoms with Crippen molar-refractivity contribution in [1.29, 1.82) is 0 Å². The molecule has 0 radical (unpaired) electrons. The number of fused-ring (bicyclic) bond motifs is 1. The number of aromatic carboxylic acids is 1. The van der Waals surface area contributed by atoms with Crippen LogP contribution in [0.5, 0.6) is 0 Å². The number of rotatable bonds is 3. The Kier molecular flexibility index (Phi) is 3.51. The number of aromatic nitrogens is 1. The zero-order valence-corrected chi connectivity index (χ0v) is 12.5. The lowest BCUT2D eigenvalue weighted by atomic mass is 10.2. The number of carboxylic acid groups (broad SMARTS) is 1. The highest BCUT2D eigenvalue weighted by Gasteiger charge is 2.16. The Morgan fingerprint density at radius 2 is 1.95 bits per heavy atom. The normalized spacial score (nSPS) is 11.0. The molecule has 0 saturated heterocycles. The van der Waals surface area contributed by atoms with Gasteiger partial charge in [-0.1, -0.05) is 34.1 Å². The van der Waals surface area contributed by atoms with Crippen LogP contribution in [-0.2, 0) is 6.54 Å². The Morgan fingerprint density at radius 1 is 1.19 bits per heavy atom. The third kappa shape index (κ3) is 2.56. The molecule has 21 heavy (non-hydrogen) atoms. The number of nitrogens with zero attached hydrogens (tertiary/aromatic N) is 1. The largest absolute Gasteiger partial charge is 0.477 e. The van der Waals surface area contributed by atoms with Crippen LogP contribution in [0.25, 0.3) is 10.9 Å². The summed E-state index contributed by atoms with van der Waals surface area (Å²) >= 11 is 3.42. The molecule has 0 aliphatic rings. The van der Waals surface area contributed by atoms with Gasteiger partial charge in [0.2, 0.25) is 0 Å². The number of benzene rings is 2. The Balaban J connectivity index is 2.18. The molecular weight excluding hydrogens is 337 g/mol. The van der Waals surface area contributed by atoms with Gasteiger partial charge >= 0.3 is 5.97 Å². The summed E-state index contributed by atoms with van der Waals surface area (Å²) in [4.78, 5) is 11.4. The van der Waals surface area contributed by atoms with E-state index in [4.69, 9.17) is 0 Å². The lowest BCUT2D eigenvalue weighted by molar-refractivity contribution is 0.0686. The van der Waals surface area contributed by atoms with Gasteiger partial charge in [0.05, 0.1) is 5.52 Å². The first-order valence-electron chi connectivity index (χ1n) is 6.32. The van der Waals surface area contributed by atoms with E-state index in [9.17, 15) is 14.3 Å². The van der Waals surface area contributed by atoms with Gasteiger partial charge in [-0.2, -0.15) is 0 Å². The van der Waals surface area contributed by atoms with Crippen LogP contribution in [0.15, 0.2) is 53.0 Å². The molecule has 0 aliphatic carbocycles. The van der Waals surface area contributed by atoms with Gasteiger partial charge in [0.15, 0.2) is 0 Å². The average molecular weight is 348 g/mol. The maximum atomic E-state index is 13.3. The van der Waals surface area contributed by atoms with Gasteiger partial charge in [0, 0.05) is 16.4 Å². The van der Waals surface area contributed by atoms with Crippen LogP contribution in [0.4, 0.5) is 4.39 Å². The van der Waals surface area contributed by atoms with Crippen LogP contribution >= 0.6 is 15.9 Å². The summed E-state index contributed by atoms with van der Waals surface area (Å²) in [6, 6.07) is 13.4. The number of halogens is 2. The average Bonchev–Trinajstić information content (AvgIpc) is 2.80. The lowest BCUT2D eigenvalue weighted by Crippen LogP contribution is -2.09. The molecule has 0 atom stereocenters. The monoisotopic (exact) mass is 347 g/mol. The maximum Gasteiger partial charge on any atom is 0.352 e. The fourth-order valence-electron chi connectivity index (χ4n) is 2.41. The van der Waals surface area contributed by atoms with E-state index in [1.807, 2.05) is 18.2 Å². The van der Waals surface area contributed by atoms with Crippen LogP contribution in [0.3, 0.4) is 0 Å². The zero-order chi connectivity index (χ0) is 15.0. The number of hydrogen-bond donors (Lipinski definition) is 1. The second-order valence-electron chi connectivity index (χ2n) is 4.72. The van der Waals surface area contributed by atoms with E-state index in [1.54, 1.807) is 22.8 Å².